The van der Waals surface area contributed by atoms with E-state index in [0.717, 1.165) is 0 Å². The van der Waals surface area contributed by atoms with Gasteiger partial charge in [0, 0.05) is 0 Å². The molecule has 5 heteroatoms. The van der Waals surface area contributed by atoms with E-state index >= 15 is 0 Å². The van der Waals surface area contributed by atoms with Crippen LogP contribution < -0.4 is 9.47 Å². The largest absolute Gasteiger partial charge is 0.480 e. The molecule has 1 heterocycles. The molecule has 0 saturated heterocycles. The summed E-state index contributed by atoms with van der Waals surface area (Å²) in [5.74, 6) is 0.334. The highest BCUT2D eigenvalue weighted by molar-refractivity contribution is 6.32. The van der Waals surface area contributed by atoms with Gasteiger partial charge in [0.2, 0.25) is 5.88 Å². The predicted octanol–water partition coefficient (Wildman–Crippen LogP) is 1.46. The van der Waals surface area contributed by atoms with Crippen LogP contribution in [0.15, 0.2) is 0 Å². The molecule has 0 amide bonds. The Bertz CT molecular complexity index is 291. The zero-order valence-corrected chi connectivity index (χ0v) is 7.84. The maximum Gasteiger partial charge on any atom is 0.319 e. The number of hydrogen-bond donors (Lipinski definition) is 0. The van der Waals surface area contributed by atoms with Gasteiger partial charge in [0.05, 0.1) is 19.9 Å². The van der Waals surface area contributed by atoms with Crippen LogP contribution in [0.3, 0.4) is 0 Å². The lowest BCUT2D eigenvalue weighted by atomic mass is 10.4. The van der Waals surface area contributed by atoms with Crippen LogP contribution in [-0.4, -0.2) is 24.2 Å². The highest BCUT2D eigenvalue weighted by Crippen LogP contribution is 2.25. The van der Waals surface area contributed by atoms with E-state index in [1.165, 1.54) is 14.2 Å². The summed E-state index contributed by atoms with van der Waals surface area (Å²) in [5.41, 5.74) is 0.639. The van der Waals surface area contributed by atoms with Crippen LogP contribution in [0, 0.1) is 6.92 Å². The Balaban J connectivity index is 3.19. The molecule has 0 atom stereocenters. The number of aromatic nitrogens is 2. The maximum atomic E-state index is 5.82. The molecule has 0 N–H and O–H groups in total. The number of aryl methyl sites for hydroxylation is 1. The van der Waals surface area contributed by atoms with Crippen molar-refractivity contribution < 1.29 is 9.47 Å². The summed E-state index contributed by atoms with van der Waals surface area (Å²) in [7, 11) is 2.98. The monoisotopic (exact) mass is 188 g/mol. The summed E-state index contributed by atoms with van der Waals surface area (Å²) in [6, 6.07) is 0.258. The van der Waals surface area contributed by atoms with Crippen LogP contribution in [-0.2, 0) is 0 Å². The average molecular weight is 189 g/mol. The molecule has 0 spiro atoms. The first-order valence-corrected chi connectivity index (χ1v) is 3.69. The zero-order valence-electron chi connectivity index (χ0n) is 7.09. The molecule has 0 radical (unpaired) electrons. The van der Waals surface area contributed by atoms with Gasteiger partial charge >= 0.3 is 6.01 Å². The fourth-order valence-electron chi connectivity index (χ4n) is 0.735. The number of rotatable bonds is 2. The molecule has 1 rings (SSSR count). The predicted molar refractivity (Wildman–Crippen MR) is 44.9 cm³/mol. The summed E-state index contributed by atoms with van der Waals surface area (Å²) >= 11 is 5.82. The van der Waals surface area contributed by atoms with Crippen LogP contribution >= 0.6 is 11.6 Å². The summed E-state index contributed by atoms with van der Waals surface area (Å²) in [6.07, 6.45) is 0. The molecule has 4 nitrogen and oxygen atoms in total. The van der Waals surface area contributed by atoms with Crippen molar-refractivity contribution >= 4 is 11.6 Å². The lowest BCUT2D eigenvalue weighted by Crippen LogP contribution is -1.98. The van der Waals surface area contributed by atoms with E-state index < -0.39 is 0 Å². The van der Waals surface area contributed by atoms with Gasteiger partial charge < -0.3 is 9.47 Å². The van der Waals surface area contributed by atoms with Gasteiger partial charge in [-0.25, -0.2) is 0 Å². The van der Waals surface area contributed by atoms with Gasteiger partial charge in [0.1, 0.15) is 5.02 Å². The molecule has 0 saturated carbocycles. The van der Waals surface area contributed by atoms with Crippen LogP contribution in [0.2, 0.25) is 5.02 Å². The van der Waals surface area contributed by atoms with E-state index in [1.54, 1.807) is 6.92 Å². The summed E-state index contributed by atoms with van der Waals surface area (Å²) < 4.78 is 9.74. The first kappa shape index (κ1) is 9.06. The second-order valence-electron chi connectivity index (χ2n) is 2.12. The highest BCUT2D eigenvalue weighted by atomic mass is 35.5. The van der Waals surface area contributed by atoms with E-state index in [-0.39, 0.29) is 6.01 Å². The van der Waals surface area contributed by atoms with Gasteiger partial charge in [-0.05, 0) is 6.92 Å². The zero-order chi connectivity index (χ0) is 9.14. The molecule has 66 valence electrons. The Hall–Kier alpha value is -1.03. The first-order chi connectivity index (χ1) is 5.69. The number of hydrogen-bond acceptors (Lipinski definition) is 4. The third kappa shape index (κ3) is 1.58. The van der Waals surface area contributed by atoms with Gasteiger partial charge in [-0.3, -0.25) is 0 Å². The van der Waals surface area contributed by atoms with E-state index in [1.807, 2.05) is 0 Å². The third-order valence-electron chi connectivity index (χ3n) is 1.34. The second-order valence-corrected chi connectivity index (χ2v) is 2.50. The summed E-state index contributed by atoms with van der Waals surface area (Å²) in [5, 5.41) is 0.415. The molecular formula is C7H9ClN2O2. The molecule has 12 heavy (non-hydrogen) atoms. The summed E-state index contributed by atoms with van der Waals surface area (Å²) in [4.78, 5) is 7.84. The molecule has 0 aliphatic carbocycles. The van der Waals surface area contributed by atoms with Crippen LogP contribution in [0.1, 0.15) is 5.69 Å². The van der Waals surface area contributed by atoms with Gasteiger partial charge in [0.25, 0.3) is 0 Å². The van der Waals surface area contributed by atoms with Crippen molar-refractivity contribution in [2.24, 2.45) is 0 Å². The van der Waals surface area contributed by atoms with Crippen LogP contribution in [0.4, 0.5) is 0 Å². The smallest absolute Gasteiger partial charge is 0.319 e. The molecule has 0 aliphatic heterocycles. The van der Waals surface area contributed by atoms with E-state index in [4.69, 9.17) is 21.1 Å². The first-order valence-electron chi connectivity index (χ1n) is 3.31. The van der Waals surface area contributed by atoms with Crippen molar-refractivity contribution in [1.82, 2.24) is 9.97 Å². The summed E-state index contributed by atoms with van der Waals surface area (Å²) in [6.45, 7) is 1.76. The standard InChI is InChI=1S/C7H9ClN2O2/c1-4-5(8)6(11-2)10-7(9-4)12-3/h1-3H3. The van der Waals surface area contributed by atoms with Crippen molar-refractivity contribution in [2.75, 3.05) is 14.2 Å². The lowest BCUT2D eigenvalue weighted by Gasteiger charge is -2.05. The average Bonchev–Trinajstić information content (AvgIpc) is 2.09. The van der Waals surface area contributed by atoms with Crippen LogP contribution in [0.25, 0.3) is 0 Å². The van der Waals surface area contributed by atoms with E-state index in [9.17, 15) is 0 Å². The minimum Gasteiger partial charge on any atom is -0.480 e. The number of ether oxygens (including phenoxy) is 2. The van der Waals surface area contributed by atoms with Gasteiger partial charge in [-0.15, -0.1) is 0 Å². The molecule has 0 aromatic carbocycles. The van der Waals surface area contributed by atoms with Crippen molar-refractivity contribution in [3.8, 4) is 11.9 Å². The Kier molecular flexibility index (Phi) is 2.70. The molecule has 1 aromatic rings. The maximum absolute atomic E-state index is 5.82. The van der Waals surface area contributed by atoms with E-state index in [2.05, 4.69) is 9.97 Å². The minimum atomic E-state index is 0.258. The van der Waals surface area contributed by atoms with Crippen molar-refractivity contribution in [1.29, 1.82) is 0 Å². The number of methoxy groups -OCH3 is 2. The molecule has 0 aliphatic rings. The quantitative estimate of drug-likeness (QED) is 0.705. The number of nitrogens with zero attached hydrogens (tertiary/aromatic N) is 2. The third-order valence-corrected chi connectivity index (χ3v) is 1.78. The topological polar surface area (TPSA) is 44.2 Å². The van der Waals surface area contributed by atoms with Gasteiger partial charge in [0.15, 0.2) is 0 Å². The lowest BCUT2D eigenvalue weighted by molar-refractivity contribution is 0.351. The minimum absolute atomic E-state index is 0.258. The molecule has 0 bridgehead atoms. The molecule has 0 unspecified atom stereocenters. The molecule has 0 fully saturated rings. The molecular weight excluding hydrogens is 180 g/mol. The van der Waals surface area contributed by atoms with Gasteiger partial charge in [-0.2, -0.15) is 9.97 Å². The van der Waals surface area contributed by atoms with Crippen LogP contribution in [0.5, 0.6) is 11.9 Å². The van der Waals surface area contributed by atoms with E-state index in [0.29, 0.717) is 16.6 Å². The van der Waals surface area contributed by atoms with Crippen molar-refractivity contribution in [3.63, 3.8) is 0 Å². The Labute approximate surface area is 75.5 Å². The Morgan fingerprint density at radius 2 is 1.83 bits per heavy atom. The SMILES string of the molecule is COc1nc(C)c(Cl)c(OC)n1. The van der Waals surface area contributed by atoms with Crippen molar-refractivity contribution in [3.05, 3.63) is 10.7 Å². The van der Waals surface area contributed by atoms with Gasteiger partial charge in [-0.1, -0.05) is 11.6 Å². The highest BCUT2D eigenvalue weighted by Gasteiger charge is 2.09. The fraction of sp³-hybridized carbons (Fsp3) is 0.429. The second kappa shape index (κ2) is 3.58. The molecule has 1 aromatic heterocycles. The Morgan fingerprint density at radius 1 is 1.17 bits per heavy atom. The Morgan fingerprint density at radius 3 is 2.33 bits per heavy atom. The normalized spacial score (nSPS) is 9.67. The van der Waals surface area contributed by atoms with Crippen molar-refractivity contribution in [2.45, 2.75) is 6.92 Å². The fourth-order valence-corrected chi connectivity index (χ4v) is 0.896. The number of halogens is 1.